The molecule has 1 aromatic carbocycles. The van der Waals surface area contributed by atoms with Crippen molar-refractivity contribution >= 4 is 40.8 Å². The number of benzene rings is 1. The summed E-state index contributed by atoms with van der Waals surface area (Å²) in [6.07, 6.45) is 4.32. The standard InChI is InChI=1S/C17H26N4.HI/c1-3-11-19-17(18-4-2)20-12-7-13-21-14-10-15-8-5-6-9-16(15)21;/h5-6,8-10,14H,3-4,7,11-13H2,1-2H3,(H2,18,19,20);1H. The van der Waals surface area contributed by atoms with Crippen molar-refractivity contribution in [3.8, 4) is 0 Å². The molecule has 22 heavy (non-hydrogen) atoms. The Morgan fingerprint density at radius 2 is 1.95 bits per heavy atom. The van der Waals surface area contributed by atoms with E-state index < -0.39 is 0 Å². The number of para-hydroxylation sites is 1. The molecule has 1 aromatic heterocycles. The third-order valence-corrected chi connectivity index (χ3v) is 3.39. The van der Waals surface area contributed by atoms with Crippen molar-refractivity contribution in [1.29, 1.82) is 0 Å². The molecule has 0 saturated carbocycles. The van der Waals surface area contributed by atoms with Crippen LogP contribution in [0, 0.1) is 0 Å². The van der Waals surface area contributed by atoms with Crippen molar-refractivity contribution in [3.05, 3.63) is 36.5 Å². The van der Waals surface area contributed by atoms with Crippen LogP contribution in [0.15, 0.2) is 41.5 Å². The fourth-order valence-corrected chi connectivity index (χ4v) is 2.36. The minimum atomic E-state index is 0. The summed E-state index contributed by atoms with van der Waals surface area (Å²) in [5.41, 5.74) is 1.31. The van der Waals surface area contributed by atoms with Crippen molar-refractivity contribution in [2.75, 3.05) is 19.6 Å². The monoisotopic (exact) mass is 414 g/mol. The van der Waals surface area contributed by atoms with Crippen LogP contribution in [-0.4, -0.2) is 30.2 Å². The van der Waals surface area contributed by atoms with Gasteiger partial charge in [-0.3, -0.25) is 4.99 Å². The van der Waals surface area contributed by atoms with Gasteiger partial charge < -0.3 is 15.2 Å². The highest BCUT2D eigenvalue weighted by molar-refractivity contribution is 14.0. The van der Waals surface area contributed by atoms with Crippen LogP contribution in [0.5, 0.6) is 0 Å². The first-order valence-corrected chi connectivity index (χ1v) is 7.91. The summed E-state index contributed by atoms with van der Waals surface area (Å²) in [7, 11) is 0. The maximum Gasteiger partial charge on any atom is 0.191 e. The Morgan fingerprint density at radius 1 is 1.14 bits per heavy atom. The molecule has 0 amide bonds. The Labute approximate surface area is 150 Å². The van der Waals surface area contributed by atoms with Gasteiger partial charge in [-0.2, -0.15) is 0 Å². The highest BCUT2D eigenvalue weighted by Gasteiger charge is 2.00. The third-order valence-electron chi connectivity index (χ3n) is 3.39. The van der Waals surface area contributed by atoms with Gasteiger partial charge in [0.15, 0.2) is 5.96 Å². The summed E-state index contributed by atoms with van der Waals surface area (Å²) < 4.78 is 2.31. The number of rotatable bonds is 7. The van der Waals surface area contributed by atoms with Gasteiger partial charge in [0.25, 0.3) is 0 Å². The van der Waals surface area contributed by atoms with E-state index in [2.05, 4.69) is 70.6 Å². The number of hydrogen-bond donors (Lipinski definition) is 2. The fourth-order valence-electron chi connectivity index (χ4n) is 2.36. The zero-order valence-electron chi connectivity index (χ0n) is 13.5. The molecule has 0 unspecified atom stereocenters. The smallest absolute Gasteiger partial charge is 0.191 e. The molecule has 1 heterocycles. The topological polar surface area (TPSA) is 41.4 Å². The van der Waals surface area contributed by atoms with E-state index in [0.29, 0.717) is 0 Å². The average molecular weight is 414 g/mol. The minimum absolute atomic E-state index is 0. The quantitative estimate of drug-likeness (QED) is 0.315. The average Bonchev–Trinajstić information content (AvgIpc) is 2.92. The van der Waals surface area contributed by atoms with Crippen LogP contribution >= 0.6 is 24.0 Å². The number of aromatic nitrogens is 1. The second-order valence-corrected chi connectivity index (χ2v) is 5.11. The molecule has 0 saturated heterocycles. The minimum Gasteiger partial charge on any atom is -0.357 e. The van der Waals surface area contributed by atoms with Crippen LogP contribution in [0.2, 0.25) is 0 Å². The first-order valence-electron chi connectivity index (χ1n) is 7.91. The molecule has 0 atom stereocenters. The number of guanidine groups is 1. The van der Waals surface area contributed by atoms with Crippen LogP contribution in [0.25, 0.3) is 10.9 Å². The zero-order chi connectivity index (χ0) is 14.9. The third kappa shape index (κ3) is 5.51. The number of halogens is 1. The normalized spacial score (nSPS) is 11.3. The summed E-state index contributed by atoms with van der Waals surface area (Å²) in [5, 5.41) is 7.97. The van der Waals surface area contributed by atoms with Crippen LogP contribution < -0.4 is 10.6 Å². The molecular weight excluding hydrogens is 387 g/mol. The van der Waals surface area contributed by atoms with Gasteiger partial charge in [-0.15, -0.1) is 24.0 Å². The van der Waals surface area contributed by atoms with Crippen LogP contribution in [0.4, 0.5) is 0 Å². The van der Waals surface area contributed by atoms with Crippen LogP contribution in [0.1, 0.15) is 26.7 Å². The number of nitrogens with one attached hydrogen (secondary N) is 2. The van der Waals surface area contributed by atoms with Crippen molar-refractivity contribution < 1.29 is 0 Å². The molecule has 0 fully saturated rings. The molecule has 2 rings (SSSR count). The molecule has 0 aliphatic heterocycles. The van der Waals surface area contributed by atoms with E-state index in [-0.39, 0.29) is 24.0 Å². The predicted octanol–water partition coefficient (Wildman–Crippen LogP) is 3.61. The van der Waals surface area contributed by atoms with Crippen molar-refractivity contribution in [2.45, 2.75) is 33.2 Å². The van der Waals surface area contributed by atoms with Gasteiger partial charge in [0.05, 0.1) is 0 Å². The summed E-state index contributed by atoms with van der Waals surface area (Å²) in [6, 6.07) is 10.7. The lowest BCUT2D eigenvalue weighted by molar-refractivity contribution is 0.640. The molecule has 122 valence electrons. The highest BCUT2D eigenvalue weighted by atomic mass is 127. The second-order valence-electron chi connectivity index (χ2n) is 5.11. The first-order chi connectivity index (χ1) is 10.3. The van der Waals surface area contributed by atoms with Crippen molar-refractivity contribution in [3.63, 3.8) is 0 Å². The maximum absolute atomic E-state index is 4.50. The number of aryl methyl sites for hydroxylation is 1. The molecule has 2 N–H and O–H groups in total. The number of nitrogens with zero attached hydrogens (tertiary/aromatic N) is 2. The number of fused-ring (bicyclic) bond motifs is 1. The first kappa shape index (κ1) is 18.8. The summed E-state index contributed by atoms with van der Waals surface area (Å²) in [6.45, 7) is 7.96. The summed E-state index contributed by atoms with van der Waals surface area (Å²) in [5.74, 6) is 0.928. The van der Waals surface area contributed by atoms with Gasteiger partial charge in [-0.25, -0.2) is 0 Å². The molecule has 0 aliphatic carbocycles. The lowest BCUT2D eigenvalue weighted by Gasteiger charge is -2.11. The van der Waals surface area contributed by atoms with Gasteiger partial charge in [0.2, 0.25) is 0 Å². The van der Waals surface area contributed by atoms with Gasteiger partial charge in [0, 0.05) is 37.9 Å². The van der Waals surface area contributed by atoms with Gasteiger partial charge >= 0.3 is 0 Å². The Hall–Kier alpha value is -1.24. The molecule has 2 aromatic rings. The lowest BCUT2D eigenvalue weighted by Crippen LogP contribution is -2.38. The van der Waals surface area contributed by atoms with Crippen LogP contribution in [-0.2, 0) is 6.54 Å². The number of hydrogen-bond acceptors (Lipinski definition) is 1. The molecule has 0 bridgehead atoms. The Balaban J connectivity index is 0.00000242. The van der Waals surface area contributed by atoms with Crippen LogP contribution in [0.3, 0.4) is 0 Å². The van der Waals surface area contributed by atoms with E-state index in [1.807, 2.05) is 0 Å². The summed E-state index contributed by atoms with van der Waals surface area (Å²) >= 11 is 0. The molecule has 0 spiro atoms. The predicted molar refractivity (Wildman–Crippen MR) is 106 cm³/mol. The summed E-state index contributed by atoms with van der Waals surface area (Å²) in [4.78, 5) is 4.50. The van der Waals surface area contributed by atoms with E-state index in [1.165, 1.54) is 10.9 Å². The molecule has 0 radical (unpaired) electrons. The van der Waals surface area contributed by atoms with Crippen molar-refractivity contribution in [2.24, 2.45) is 4.99 Å². The SMILES string of the molecule is CCCN=C(NCC)NCCCn1ccc2ccccc21.I. The van der Waals surface area contributed by atoms with Gasteiger partial charge in [-0.05, 0) is 37.3 Å². The van der Waals surface area contributed by atoms with Gasteiger partial charge in [0.1, 0.15) is 0 Å². The number of aliphatic imine (C=N–C) groups is 1. The molecule has 5 heteroatoms. The van der Waals surface area contributed by atoms with Gasteiger partial charge in [-0.1, -0.05) is 25.1 Å². The maximum atomic E-state index is 4.50. The van der Waals surface area contributed by atoms with E-state index in [9.17, 15) is 0 Å². The van der Waals surface area contributed by atoms with E-state index in [4.69, 9.17) is 0 Å². The van der Waals surface area contributed by atoms with Crippen molar-refractivity contribution in [1.82, 2.24) is 15.2 Å². The molecule has 0 aliphatic rings. The van der Waals surface area contributed by atoms with E-state index in [1.54, 1.807) is 0 Å². The Morgan fingerprint density at radius 3 is 2.73 bits per heavy atom. The molecular formula is C17H27IN4. The largest absolute Gasteiger partial charge is 0.357 e. The Kier molecular flexibility index (Phi) is 8.96. The highest BCUT2D eigenvalue weighted by Crippen LogP contribution is 2.15. The lowest BCUT2D eigenvalue weighted by atomic mass is 10.2. The fraction of sp³-hybridized carbons (Fsp3) is 0.471. The zero-order valence-corrected chi connectivity index (χ0v) is 15.8. The second kappa shape index (κ2) is 10.5. The molecule has 4 nitrogen and oxygen atoms in total. The van der Waals surface area contributed by atoms with E-state index in [0.717, 1.165) is 45.0 Å². The van der Waals surface area contributed by atoms with E-state index >= 15 is 0 Å². The Bertz CT molecular complexity index is 577.